The normalized spacial score (nSPS) is 21.0. The van der Waals surface area contributed by atoms with Crippen LogP contribution in [0.4, 0.5) is 11.5 Å². The molecule has 2 aliphatic rings. The van der Waals surface area contributed by atoms with Crippen LogP contribution in [0.1, 0.15) is 16.8 Å². The topological polar surface area (TPSA) is 80.9 Å². The molecule has 0 saturated heterocycles. The molecule has 3 heterocycles. The van der Waals surface area contributed by atoms with Gasteiger partial charge < -0.3 is 11.1 Å². The van der Waals surface area contributed by atoms with Gasteiger partial charge in [0.05, 0.1) is 17.3 Å². The summed E-state index contributed by atoms with van der Waals surface area (Å²) in [5, 5.41) is 2.87. The molecule has 1 spiro atoms. The van der Waals surface area contributed by atoms with Gasteiger partial charge in [0.15, 0.2) is 0 Å². The highest BCUT2D eigenvalue weighted by Gasteiger charge is 2.51. The van der Waals surface area contributed by atoms with Crippen molar-refractivity contribution in [3.8, 4) is 0 Å². The number of carbonyl (C=O) groups excluding carboxylic acids is 1. The van der Waals surface area contributed by atoms with Crippen molar-refractivity contribution in [2.75, 3.05) is 11.1 Å². The van der Waals surface area contributed by atoms with E-state index in [0.29, 0.717) is 24.3 Å². The second-order valence-corrected chi connectivity index (χ2v) is 5.16. The smallest absolute Gasteiger partial charge is 0.237 e. The molecule has 0 radical (unpaired) electrons. The first-order valence-electron chi connectivity index (χ1n) is 6.19. The number of rotatable bonds is 0. The Balaban J connectivity index is 0.000000807. The Morgan fingerprint density at radius 2 is 2.05 bits per heavy atom. The number of hydrogen-bond donors (Lipinski definition) is 2. The fraction of sp³-hybridized carbons (Fsp3) is 0.214. The Bertz CT molecular complexity index is 722. The number of carbonyl (C=O) groups is 1. The van der Waals surface area contributed by atoms with E-state index < -0.39 is 5.41 Å². The summed E-state index contributed by atoms with van der Waals surface area (Å²) in [6.07, 6.45) is 4.60. The molecule has 0 unspecified atom stereocenters. The van der Waals surface area contributed by atoms with Crippen LogP contribution in [-0.4, -0.2) is 15.9 Å². The summed E-state index contributed by atoms with van der Waals surface area (Å²) in [6, 6.07) is 5.75. The highest BCUT2D eigenvalue weighted by atomic mass is 35.5. The van der Waals surface area contributed by atoms with Gasteiger partial charge in [-0.2, -0.15) is 0 Å². The molecule has 1 amide bonds. The fourth-order valence-corrected chi connectivity index (χ4v) is 3.13. The molecule has 2 aromatic heterocycles. The van der Waals surface area contributed by atoms with Crippen LogP contribution in [0, 0.1) is 0 Å². The van der Waals surface area contributed by atoms with Gasteiger partial charge in [0, 0.05) is 23.9 Å². The van der Waals surface area contributed by atoms with Gasteiger partial charge in [-0.25, -0.2) is 4.98 Å². The molecule has 4 rings (SSSR count). The molecule has 7 heteroatoms. The van der Waals surface area contributed by atoms with Gasteiger partial charge in [-0.1, -0.05) is 6.07 Å². The molecular formula is C14H14Cl2N4O. The fourth-order valence-electron chi connectivity index (χ4n) is 3.13. The number of nitrogens with two attached hydrogens (primary N) is 1. The van der Waals surface area contributed by atoms with Gasteiger partial charge in [-0.05, 0) is 24.1 Å². The minimum absolute atomic E-state index is 0. The Morgan fingerprint density at radius 3 is 2.86 bits per heavy atom. The zero-order valence-corrected chi connectivity index (χ0v) is 12.6. The molecule has 3 N–H and O–H groups in total. The number of nitrogens with zero attached hydrogens (tertiary/aromatic N) is 2. The van der Waals surface area contributed by atoms with Gasteiger partial charge in [0.2, 0.25) is 5.91 Å². The van der Waals surface area contributed by atoms with Gasteiger partial charge in [-0.3, -0.25) is 9.78 Å². The quantitative estimate of drug-likeness (QED) is 0.775. The maximum atomic E-state index is 12.4. The van der Waals surface area contributed by atoms with E-state index in [0.717, 1.165) is 16.8 Å². The Kier molecular flexibility index (Phi) is 3.82. The van der Waals surface area contributed by atoms with Crippen molar-refractivity contribution in [1.29, 1.82) is 0 Å². The highest BCUT2D eigenvalue weighted by Crippen LogP contribution is 2.46. The van der Waals surface area contributed by atoms with E-state index in [1.165, 1.54) is 0 Å². The van der Waals surface area contributed by atoms with Crippen molar-refractivity contribution in [1.82, 2.24) is 9.97 Å². The average Bonchev–Trinajstić information content (AvgIpc) is 2.90. The molecule has 2 aromatic rings. The summed E-state index contributed by atoms with van der Waals surface area (Å²) in [5.74, 6) is 0.686. The second-order valence-electron chi connectivity index (χ2n) is 5.16. The lowest BCUT2D eigenvalue weighted by molar-refractivity contribution is -0.120. The molecule has 21 heavy (non-hydrogen) atoms. The summed E-state index contributed by atoms with van der Waals surface area (Å²) < 4.78 is 0. The summed E-state index contributed by atoms with van der Waals surface area (Å²) >= 11 is 0. The highest BCUT2D eigenvalue weighted by molar-refractivity contribution is 6.06. The monoisotopic (exact) mass is 324 g/mol. The van der Waals surface area contributed by atoms with Crippen molar-refractivity contribution >= 4 is 42.2 Å². The van der Waals surface area contributed by atoms with Crippen LogP contribution < -0.4 is 11.1 Å². The minimum atomic E-state index is -0.549. The average molecular weight is 325 g/mol. The van der Waals surface area contributed by atoms with E-state index in [4.69, 9.17) is 5.73 Å². The van der Waals surface area contributed by atoms with Crippen LogP contribution in [0.5, 0.6) is 0 Å². The second kappa shape index (κ2) is 5.16. The van der Waals surface area contributed by atoms with Crippen molar-refractivity contribution < 1.29 is 4.79 Å². The number of amides is 1. The summed E-state index contributed by atoms with van der Waals surface area (Å²) in [5.41, 5.74) is 8.85. The van der Waals surface area contributed by atoms with E-state index in [-0.39, 0.29) is 30.7 Å². The molecule has 0 aromatic carbocycles. The summed E-state index contributed by atoms with van der Waals surface area (Å²) in [7, 11) is 0. The van der Waals surface area contributed by atoms with Crippen molar-refractivity contribution in [2.24, 2.45) is 0 Å². The number of aromatic nitrogens is 2. The van der Waals surface area contributed by atoms with E-state index in [2.05, 4.69) is 15.3 Å². The molecule has 0 saturated carbocycles. The lowest BCUT2D eigenvalue weighted by Gasteiger charge is -2.19. The number of halogens is 2. The van der Waals surface area contributed by atoms with Gasteiger partial charge in [-0.15, -0.1) is 24.8 Å². The number of nitrogens with one attached hydrogen (secondary N) is 1. The molecule has 1 aliphatic carbocycles. The lowest BCUT2D eigenvalue weighted by atomic mass is 9.80. The Labute approximate surface area is 134 Å². The molecule has 0 fully saturated rings. The SMILES string of the molecule is Cl.Cl.Nc1cnc2c(c1)C[C@@]1(C2)C(=O)Nc2ncccc21. The minimum Gasteiger partial charge on any atom is -0.397 e. The number of pyridine rings is 2. The molecule has 110 valence electrons. The van der Waals surface area contributed by atoms with E-state index in [1.807, 2.05) is 18.2 Å². The number of hydrogen-bond acceptors (Lipinski definition) is 4. The Morgan fingerprint density at radius 1 is 1.24 bits per heavy atom. The Hall–Kier alpha value is -1.85. The van der Waals surface area contributed by atoms with E-state index in [1.54, 1.807) is 12.4 Å². The van der Waals surface area contributed by atoms with Gasteiger partial charge in [0.1, 0.15) is 5.82 Å². The zero-order valence-electron chi connectivity index (χ0n) is 11.0. The number of fused-ring (bicyclic) bond motifs is 3. The first-order chi connectivity index (χ1) is 9.19. The van der Waals surface area contributed by atoms with Gasteiger partial charge >= 0.3 is 0 Å². The predicted molar refractivity (Wildman–Crippen MR) is 85.1 cm³/mol. The molecule has 1 aliphatic heterocycles. The molecular weight excluding hydrogens is 311 g/mol. The first-order valence-corrected chi connectivity index (χ1v) is 6.19. The largest absolute Gasteiger partial charge is 0.397 e. The summed E-state index contributed by atoms with van der Waals surface area (Å²) in [4.78, 5) is 21.0. The van der Waals surface area contributed by atoms with Crippen LogP contribution in [-0.2, 0) is 23.1 Å². The molecule has 5 nitrogen and oxygen atoms in total. The maximum absolute atomic E-state index is 12.4. The van der Waals surface area contributed by atoms with Crippen LogP contribution in [0.25, 0.3) is 0 Å². The van der Waals surface area contributed by atoms with Crippen molar-refractivity contribution in [2.45, 2.75) is 18.3 Å². The van der Waals surface area contributed by atoms with E-state index >= 15 is 0 Å². The van der Waals surface area contributed by atoms with Crippen LogP contribution >= 0.6 is 24.8 Å². The van der Waals surface area contributed by atoms with Crippen molar-refractivity contribution in [3.63, 3.8) is 0 Å². The van der Waals surface area contributed by atoms with Crippen LogP contribution in [0.2, 0.25) is 0 Å². The standard InChI is InChI=1S/C14H12N4O.2ClH/c15-9-4-8-5-14(6-11(8)17-7-9)10-2-1-3-16-12(10)18-13(14)19;;/h1-4,7H,5-6,15H2,(H,16,18,19);2*1H/t14-;;/m0../s1. The van der Waals surface area contributed by atoms with E-state index in [9.17, 15) is 4.79 Å². The third-order valence-electron chi connectivity index (χ3n) is 4.03. The van der Waals surface area contributed by atoms with Gasteiger partial charge in [0.25, 0.3) is 0 Å². The first kappa shape index (κ1) is 15.5. The number of nitrogen functional groups attached to an aromatic ring is 1. The number of anilines is 2. The summed E-state index contributed by atoms with van der Waals surface area (Å²) in [6.45, 7) is 0. The third kappa shape index (κ3) is 2.04. The van der Waals surface area contributed by atoms with Crippen LogP contribution in [0.15, 0.2) is 30.6 Å². The molecule has 0 bridgehead atoms. The third-order valence-corrected chi connectivity index (χ3v) is 4.03. The lowest BCUT2D eigenvalue weighted by Crippen LogP contribution is -2.35. The van der Waals surface area contributed by atoms with Crippen molar-refractivity contribution in [3.05, 3.63) is 47.4 Å². The maximum Gasteiger partial charge on any atom is 0.237 e. The predicted octanol–water partition coefficient (Wildman–Crippen LogP) is 1.89. The zero-order chi connectivity index (χ0) is 13.0. The van der Waals surface area contributed by atoms with Crippen LogP contribution in [0.3, 0.4) is 0 Å². The molecule has 1 atom stereocenters.